The van der Waals surface area contributed by atoms with Crippen LogP contribution in [0, 0.1) is 5.92 Å². The Bertz CT molecular complexity index is 1050. The van der Waals surface area contributed by atoms with E-state index in [0.29, 0.717) is 25.3 Å². The lowest BCUT2D eigenvalue weighted by Gasteiger charge is -2.22. The van der Waals surface area contributed by atoms with Crippen LogP contribution in [0.4, 0.5) is 5.69 Å². The van der Waals surface area contributed by atoms with Gasteiger partial charge in [-0.1, -0.05) is 30.3 Å². The SMILES string of the molecule is COc1ccc(CN(C)C(=O)[C@H]2CCN(c3ccccc3)C2=O)c2cccnc12. The van der Waals surface area contributed by atoms with E-state index in [-0.39, 0.29) is 11.8 Å². The van der Waals surface area contributed by atoms with Gasteiger partial charge in [0.15, 0.2) is 0 Å². The molecule has 0 unspecified atom stereocenters. The number of methoxy groups -OCH3 is 1. The molecule has 1 saturated heterocycles. The van der Waals surface area contributed by atoms with Crippen LogP contribution in [0.5, 0.6) is 5.75 Å². The van der Waals surface area contributed by atoms with Crippen molar-refractivity contribution >= 4 is 28.4 Å². The number of carbonyl (C=O) groups is 2. The summed E-state index contributed by atoms with van der Waals surface area (Å²) in [7, 11) is 3.36. The Balaban J connectivity index is 1.52. The smallest absolute Gasteiger partial charge is 0.239 e. The lowest BCUT2D eigenvalue weighted by atomic mass is 10.0. The molecular formula is C23H23N3O3. The van der Waals surface area contributed by atoms with Crippen LogP contribution < -0.4 is 9.64 Å². The summed E-state index contributed by atoms with van der Waals surface area (Å²) in [5.74, 6) is -0.221. The second-order valence-electron chi connectivity index (χ2n) is 7.19. The van der Waals surface area contributed by atoms with Crippen LogP contribution in [0.15, 0.2) is 60.8 Å². The van der Waals surface area contributed by atoms with E-state index >= 15 is 0 Å². The summed E-state index contributed by atoms with van der Waals surface area (Å²) in [6, 6.07) is 17.1. The first-order chi connectivity index (χ1) is 14.1. The van der Waals surface area contributed by atoms with Crippen molar-refractivity contribution in [3.63, 3.8) is 0 Å². The van der Waals surface area contributed by atoms with Crippen molar-refractivity contribution in [3.8, 4) is 5.75 Å². The zero-order chi connectivity index (χ0) is 20.4. The van der Waals surface area contributed by atoms with Crippen LogP contribution in [0.25, 0.3) is 10.9 Å². The van der Waals surface area contributed by atoms with Gasteiger partial charge in [-0.3, -0.25) is 14.6 Å². The van der Waals surface area contributed by atoms with Gasteiger partial charge in [0.1, 0.15) is 17.2 Å². The molecule has 1 fully saturated rings. The first-order valence-corrected chi connectivity index (χ1v) is 9.62. The normalized spacial score (nSPS) is 16.3. The maximum atomic E-state index is 13.0. The molecule has 0 N–H and O–H groups in total. The van der Waals surface area contributed by atoms with Crippen LogP contribution >= 0.6 is 0 Å². The van der Waals surface area contributed by atoms with Crippen molar-refractivity contribution in [2.45, 2.75) is 13.0 Å². The molecule has 148 valence electrons. The monoisotopic (exact) mass is 389 g/mol. The summed E-state index contributed by atoms with van der Waals surface area (Å²) in [6.07, 6.45) is 2.25. The topological polar surface area (TPSA) is 62.7 Å². The Labute approximate surface area is 169 Å². The fourth-order valence-corrected chi connectivity index (χ4v) is 3.88. The molecule has 6 nitrogen and oxygen atoms in total. The average molecular weight is 389 g/mol. The summed E-state index contributed by atoms with van der Waals surface area (Å²) < 4.78 is 5.39. The van der Waals surface area contributed by atoms with Crippen LogP contribution in [-0.4, -0.2) is 42.4 Å². The number of aromatic nitrogens is 1. The van der Waals surface area contributed by atoms with Gasteiger partial charge in [-0.05, 0) is 36.2 Å². The van der Waals surface area contributed by atoms with Gasteiger partial charge in [0, 0.05) is 37.4 Å². The van der Waals surface area contributed by atoms with Crippen molar-refractivity contribution in [3.05, 3.63) is 66.4 Å². The van der Waals surface area contributed by atoms with Crippen molar-refractivity contribution < 1.29 is 14.3 Å². The molecule has 4 rings (SSSR count). The Hall–Kier alpha value is -3.41. The molecule has 3 aromatic rings. The van der Waals surface area contributed by atoms with E-state index in [2.05, 4.69) is 4.98 Å². The van der Waals surface area contributed by atoms with E-state index in [0.717, 1.165) is 22.2 Å². The van der Waals surface area contributed by atoms with Gasteiger partial charge in [0.25, 0.3) is 0 Å². The molecule has 0 spiro atoms. The molecule has 6 heteroatoms. The predicted molar refractivity (Wildman–Crippen MR) is 112 cm³/mol. The summed E-state index contributed by atoms with van der Waals surface area (Å²) >= 11 is 0. The summed E-state index contributed by atoms with van der Waals surface area (Å²) in [5.41, 5.74) is 2.57. The van der Waals surface area contributed by atoms with Crippen molar-refractivity contribution in [1.82, 2.24) is 9.88 Å². The highest BCUT2D eigenvalue weighted by atomic mass is 16.5. The zero-order valence-electron chi connectivity index (χ0n) is 16.5. The first kappa shape index (κ1) is 18.9. The number of para-hydroxylation sites is 1. The van der Waals surface area contributed by atoms with Crippen LogP contribution in [0.2, 0.25) is 0 Å². The Kier molecular flexibility index (Phi) is 5.16. The fourth-order valence-electron chi connectivity index (χ4n) is 3.88. The number of benzene rings is 2. The number of carbonyl (C=O) groups excluding carboxylic acids is 2. The number of hydrogen-bond acceptors (Lipinski definition) is 4. The predicted octanol–water partition coefficient (Wildman–Crippen LogP) is 3.25. The van der Waals surface area contributed by atoms with Crippen LogP contribution in [0.3, 0.4) is 0 Å². The standard InChI is InChI=1S/C23H23N3O3/c1-25(15-16-10-11-20(29-2)21-18(16)9-6-13-24-21)22(27)19-12-14-26(23(19)28)17-7-4-3-5-8-17/h3-11,13,19H,12,14-15H2,1-2H3/t19-/m1/s1. The molecule has 2 amide bonds. The minimum Gasteiger partial charge on any atom is -0.494 e. The molecule has 1 atom stereocenters. The quantitative estimate of drug-likeness (QED) is 0.629. The number of nitrogens with zero attached hydrogens (tertiary/aromatic N) is 3. The van der Waals surface area contributed by atoms with Crippen LogP contribution in [0.1, 0.15) is 12.0 Å². The summed E-state index contributed by atoms with van der Waals surface area (Å²) in [4.78, 5) is 33.6. The van der Waals surface area contributed by atoms with E-state index in [9.17, 15) is 9.59 Å². The second kappa shape index (κ2) is 7.91. The number of rotatable bonds is 5. The molecule has 2 aromatic carbocycles. The van der Waals surface area contributed by atoms with E-state index in [4.69, 9.17) is 4.74 Å². The molecule has 0 saturated carbocycles. The number of fused-ring (bicyclic) bond motifs is 1. The van der Waals surface area contributed by atoms with E-state index in [1.165, 1.54) is 0 Å². The van der Waals surface area contributed by atoms with Gasteiger partial charge in [-0.2, -0.15) is 0 Å². The lowest BCUT2D eigenvalue weighted by molar-refractivity contribution is -0.139. The second-order valence-corrected chi connectivity index (χ2v) is 7.19. The number of hydrogen-bond donors (Lipinski definition) is 0. The molecule has 0 bridgehead atoms. The molecule has 1 aliphatic heterocycles. The van der Waals surface area contributed by atoms with Gasteiger partial charge in [-0.25, -0.2) is 0 Å². The van der Waals surface area contributed by atoms with E-state index in [1.807, 2.05) is 54.6 Å². The number of pyridine rings is 1. The van der Waals surface area contributed by atoms with Gasteiger partial charge in [0.05, 0.1) is 7.11 Å². The number of amides is 2. The van der Waals surface area contributed by atoms with Crippen molar-refractivity contribution in [1.29, 1.82) is 0 Å². The average Bonchev–Trinajstić information content (AvgIpc) is 3.15. The van der Waals surface area contributed by atoms with Crippen molar-refractivity contribution in [2.24, 2.45) is 5.92 Å². The Morgan fingerprint density at radius 1 is 1.17 bits per heavy atom. The number of anilines is 1. The molecular weight excluding hydrogens is 366 g/mol. The largest absolute Gasteiger partial charge is 0.494 e. The minimum absolute atomic E-state index is 0.130. The van der Waals surface area contributed by atoms with Gasteiger partial charge < -0.3 is 14.5 Å². The molecule has 1 aliphatic rings. The van der Waals surface area contributed by atoms with Crippen molar-refractivity contribution in [2.75, 3.05) is 25.6 Å². The van der Waals surface area contributed by atoms with Gasteiger partial charge >= 0.3 is 0 Å². The van der Waals surface area contributed by atoms with Gasteiger partial charge in [-0.15, -0.1) is 0 Å². The number of ether oxygens (including phenoxy) is 1. The maximum absolute atomic E-state index is 13.0. The zero-order valence-corrected chi connectivity index (χ0v) is 16.5. The van der Waals surface area contributed by atoms with Crippen LogP contribution in [-0.2, 0) is 16.1 Å². The highest BCUT2D eigenvalue weighted by Gasteiger charge is 2.39. The molecule has 0 aliphatic carbocycles. The Morgan fingerprint density at radius 2 is 1.97 bits per heavy atom. The molecule has 2 heterocycles. The molecule has 29 heavy (non-hydrogen) atoms. The summed E-state index contributed by atoms with van der Waals surface area (Å²) in [6.45, 7) is 0.961. The highest BCUT2D eigenvalue weighted by Crippen LogP contribution is 2.29. The lowest BCUT2D eigenvalue weighted by Crippen LogP contribution is -2.37. The van der Waals surface area contributed by atoms with E-state index < -0.39 is 5.92 Å². The molecule has 0 radical (unpaired) electrons. The first-order valence-electron chi connectivity index (χ1n) is 9.62. The third-order valence-corrected chi connectivity index (χ3v) is 5.40. The third kappa shape index (κ3) is 3.53. The third-order valence-electron chi connectivity index (χ3n) is 5.40. The minimum atomic E-state index is -0.636. The fraction of sp³-hybridized carbons (Fsp3) is 0.261. The molecule has 1 aromatic heterocycles. The van der Waals surface area contributed by atoms with E-state index in [1.54, 1.807) is 30.2 Å². The highest BCUT2D eigenvalue weighted by molar-refractivity contribution is 6.09. The Morgan fingerprint density at radius 3 is 2.72 bits per heavy atom. The summed E-state index contributed by atoms with van der Waals surface area (Å²) in [5, 5.41) is 0.940. The maximum Gasteiger partial charge on any atom is 0.239 e. The van der Waals surface area contributed by atoms with Gasteiger partial charge in [0.2, 0.25) is 11.8 Å².